The second-order valence-electron chi connectivity index (χ2n) is 5.61. The third kappa shape index (κ3) is 4.43. The van der Waals surface area contributed by atoms with Crippen LogP contribution in [0.3, 0.4) is 0 Å². The lowest BCUT2D eigenvalue weighted by Gasteiger charge is -2.30. The van der Waals surface area contributed by atoms with E-state index < -0.39 is 10.0 Å². The van der Waals surface area contributed by atoms with Crippen molar-refractivity contribution >= 4 is 15.7 Å². The van der Waals surface area contributed by atoms with Crippen molar-refractivity contribution in [3.63, 3.8) is 0 Å². The van der Waals surface area contributed by atoms with Crippen LogP contribution in [0, 0.1) is 0 Å². The Morgan fingerprint density at radius 1 is 1.33 bits per heavy atom. The smallest absolute Gasteiger partial charge is 0.242 e. The molecular weight excluding hydrogens is 286 g/mol. The van der Waals surface area contributed by atoms with Crippen molar-refractivity contribution in [3.05, 3.63) is 24.3 Å². The van der Waals surface area contributed by atoms with E-state index in [0.717, 1.165) is 25.8 Å². The number of hydrogen-bond donors (Lipinski definition) is 3. The minimum Gasteiger partial charge on any atom is -0.381 e. The molecule has 1 aromatic rings. The van der Waals surface area contributed by atoms with Crippen LogP contribution in [0.25, 0.3) is 0 Å². The molecule has 1 heterocycles. The zero-order chi connectivity index (χ0) is 15.3. The molecule has 0 spiro atoms. The van der Waals surface area contributed by atoms with E-state index >= 15 is 0 Å². The molecule has 1 aliphatic rings. The Morgan fingerprint density at radius 2 is 2.10 bits per heavy atom. The van der Waals surface area contributed by atoms with Gasteiger partial charge in [0.2, 0.25) is 10.0 Å². The van der Waals surface area contributed by atoms with E-state index in [-0.39, 0.29) is 0 Å². The summed E-state index contributed by atoms with van der Waals surface area (Å²) in [6.07, 6.45) is 2.78. The first-order chi connectivity index (χ1) is 10.0. The average Bonchev–Trinajstić information content (AvgIpc) is 2.46. The lowest BCUT2D eigenvalue weighted by atomic mass is 10.0. The van der Waals surface area contributed by atoms with Gasteiger partial charge in [0.05, 0.1) is 5.69 Å². The quantitative estimate of drug-likeness (QED) is 0.751. The zero-order valence-electron chi connectivity index (χ0n) is 12.7. The maximum atomic E-state index is 12.4. The SMILES string of the molecule is CCCNS(=O)(=O)c1ccccc1NC1CCNC(C)C1. The Labute approximate surface area is 127 Å². The van der Waals surface area contributed by atoms with Crippen LogP contribution in [0.5, 0.6) is 0 Å². The first-order valence-electron chi connectivity index (χ1n) is 7.61. The Kier molecular flexibility index (Phi) is 5.61. The molecule has 2 unspecified atom stereocenters. The molecule has 0 bridgehead atoms. The van der Waals surface area contributed by atoms with Crippen molar-refractivity contribution in [1.29, 1.82) is 0 Å². The zero-order valence-corrected chi connectivity index (χ0v) is 13.5. The van der Waals surface area contributed by atoms with E-state index in [9.17, 15) is 8.42 Å². The number of benzene rings is 1. The molecule has 3 N–H and O–H groups in total. The predicted molar refractivity (Wildman–Crippen MR) is 86.0 cm³/mol. The van der Waals surface area contributed by atoms with Crippen molar-refractivity contribution in [2.75, 3.05) is 18.4 Å². The Hall–Kier alpha value is -1.11. The summed E-state index contributed by atoms with van der Waals surface area (Å²) < 4.78 is 27.3. The number of sulfonamides is 1. The number of hydrogen-bond acceptors (Lipinski definition) is 4. The summed E-state index contributed by atoms with van der Waals surface area (Å²) in [4.78, 5) is 0.338. The molecule has 118 valence electrons. The van der Waals surface area contributed by atoms with Crippen LogP contribution >= 0.6 is 0 Å². The largest absolute Gasteiger partial charge is 0.381 e. The highest BCUT2D eigenvalue weighted by molar-refractivity contribution is 7.89. The minimum atomic E-state index is -3.45. The number of rotatable bonds is 6. The molecular formula is C15H25N3O2S. The minimum absolute atomic E-state index is 0.309. The molecule has 2 atom stereocenters. The fourth-order valence-electron chi connectivity index (χ4n) is 2.62. The summed E-state index contributed by atoms with van der Waals surface area (Å²) in [5.74, 6) is 0. The van der Waals surface area contributed by atoms with Gasteiger partial charge < -0.3 is 10.6 Å². The van der Waals surface area contributed by atoms with Crippen LogP contribution in [-0.4, -0.2) is 33.6 Å². The molecule has 6 heteroatoms. The first kappa shape index (κ1) is 16.3. The second-order valence-corrected chi connectivity index (χ2v) is 7.35. The van der Waals surface area contributed by atoms with Crippen molar-refractivity contribution in [2.24, 2.45) is 0 Å². The normalized spacial score (nSPS) is 23.0. The molecule has 0 saturated carbocycles. The van der Waals surface area contributed by atoms with Crippen LogP contribution in [0.15, 0.2) is 29.2 Å². The van der Waals surface area contributed by atoms with Gasteiger partial charge in [0.1, 0.15) is 4.90 Å². The molecule has 0 aromatic heterocycles. The van der Waals surface area contributed by atoms with Crippen LogP contribution in [0.1, 0.15) is 33.1 Å². The van der Waals surface area contributed by atoms with Gasteiger partial charge >= 0.3 is 0 Å². The molecule has 1 saturated heterocycles. The highest BCUT2D eigenvalue weighted by Crippen LogP contribution is 2.23. The molecule has 0 radical (unpaired) electrons. The van der Waals surface area contributed by atoms with E-state index in [2.05, 4.69) is 22.3 Å². The predicted octanol–water partition coefficient (Wildman–Crippen LogP) is 1.93. The summed E-state index contributed by atoms with van der Waals surface area (Å²) >= 11 is 0. The van der Waals surface area contributed by atoms with Gasteiger partial charge in [-0.1, -0.05) is 19.1 Å². The van der Waals surface area contributed by atoms with Crippen molar-refractivity contribution in [1.82, 2.24) is 10.0 Å². The first-order valence-corrected chi connectivity index (χ1v) is 9.10. The monoisotopic (exact) mass is 311 g/mol. The van der Waals surface area contributed by atoms with Gasteiger partial charge in [-0.3, -0.25) is 0 Å². The summed E-state index contributed by atoms with van der Waals surface area (Å²) in [5.41, 5.74) is 0.695. The maximum Gasteiger partial charge on any atom is 0.242 e. The number of anilines is 1. The number of para-hydroxylation sites is 1. The molecule has 0 amide bonds. The number of piperidine rings is 1. The molecule has 1 aromatic carbocycles. The lowest BCUT2D eigenvalue weighted by molar-refractivity contribution is 0.396. The molecule has 5 nitrogen and oxygen atoms in total. The fourth-order valence-corrected chi connectivity index (χ4v) is 3.92. The van der Waals surface area contributed by atoms with Crippen molar-refractivity contribution < 1.29 is 8.42 Å². The van der Waals surface area contributed by atoms with Gasteiger partial charge in [0.25, 0.3) is 0 Å². The van der Waals surface area contributed by atoms with Gasteiger partial charge in [-0.05, 0) is 44.9 Å². The van der Waals surface area contributed by atoms with Crippen molar-refractivity contribution in [2.45, 2.75) is 50.1 Å². The molecule has 1 fully saturated rings. The third-order valence-electron chi connectivity index (χ3n) is 3.70. The molecule has 1 aliphatic heterocycles. The van der Waals surface area contributed by atoms with E-state index in [1.165, 1.54) is 0 Å². The average molecular weight is 311 g/mol. The third-order valence-corrected chi connectivity index (χ3v) is 5.22. The summed E-state index contributed by atoms with van der Waals surface area (Å²) in [6.45, 7) is 5.52. The Bertz CT molecular complexity index is 560. The van der Waals surface area contributed by atoms with Crippen LogP contribution in [-0.2, 0) is 10.0 Å². The molecule has 0 aliphatic carbocycles. The van der Waals surface area contributed by atoms with Gasteiger partial charge in [-0.2, -0.15) is 0 Å². The molecule has 21 heavy (non-hydrogen) atoms. The Morgan fingerprint density at radius 3 is 2.81 bits per heavy atom. The highest BCUT2D eigenvalue weighted by atomic mass is 32.2. The van der Waals surface area contributed by atoms with Crippen LogP contribution < -0.4 is 15.4 Å². The van der Waals surface area contributed by atoms with Gasteiger partial charge in [-0.15, -0.1) is 0 Å². The van der Waals surface area contributed by atoms with Gasteiger partial charge in [0, 0.05) is 18.6 Å². The lowest BCUT2D eigenvalue weighted by Crippen LogP contribution is -2.41. The van der Waals surface area contributed by atoms with E-state index in [0.29, 0.717) is 29.2 Å². The van der Waals surface area contributed by atoms with E-state index in [1.807, 2.05) is 19.1 Å². The molecule has 2 rings (SSSR count). The van der Waals surface area contributed by atoms with Crippen molar-refractivity contribution in [3.8, 4) is 0 Å². The van der Waals surface area contributed by atoms with Gasteiger partial charge in [0.15, 0.2) is 0 Å². The van der Waals surface area contributed by atoms with Crippen LogP contribution in [0.2, 0.25) is 0 Å². The Balaban J connectivity index is 2.16. The summed E-state index contributed by atoms with van der Waals surface area (Å²) in [7, 11) is -3.45. The van der Waals surface area contributed by atoms with E-state index in [4.69, 9.17) is 0 Å². The summed E-state index contributed by atoms with van der Waals surface area (Å²) in [6, 6.07) is 7.89. The fraction of sp³-hybridized carbons (Fsp3) is 0.600. The second kappa shape index (κ2) is 7.24. The number of nitrogens with one attached hydrogen (secondary N) is 3. The van der Waals surface area contributed by atoms with E-state index in [1.54, 1.807) is 12.1 Å². The highest BCUT2D eigenvalue weighted by Gasteiger charge is 2.22. The van der Waals surface area contributed by atoms with Gasteiger partial charge in [-0.25, -0.2) is 13.1 Å². The topological polar surface area (TPSA) is 70.2 Å². The maximum absolute atomic E-state index is 12.4. The summed E-state index contributed by atoms with van der Waals surface area (Å²) in [5, 5.41) is 6.80. The standard InChI is InChI=1S/C15H25N3O2S/c1-3-9-17-21(19,20)15-7-5-4-6-14(15)18-13-8-10-16-12(2)11-13/h4-7,12-13,16-18H,3,8-11H2,1-2H3. The van der Waals surface area contributed by atoms with Crippen LogP contribution in [0.4, 0.5) is 5.69 Å².